The molecule has 0 aromatic heterocycles. The summed E-state index contributed by atoms with van der Waals surface area (Å²) in [5, 5.41) is 0. The van der Waals surface area contributed by atoms with Crippen molar-refractivity contribution in [1.82, 2.24) is 0 Å². The molecular weight excluding hydrogens is 444 g/mol. The molecule has 4 heteroatoms. The Morgan fingerprint density at radius 1 is 0.611 bits per heavy atom. The molecule has 0 aliphatic rings. The van der Waals surface area contributed by atoms with Crippen LogP contribution in [0.4, 0.5) is 22.7 Å². The third-order valence-electron chi connectivity index (χ3n) is 6.20. The summed E-state index contributed by atoms with van der Waals surface area (Å²) in [6, 6.07) is 34.1. The molecule has 0 bridgehead atoms. The number of hydrogen-bond donors (Lipinski definition) is 0. The Kier molecular flexibility index (Phi) is 7.35. The van der Waals surface area contributed by atoms with E-state index in [0.29, 0.717) is 17.1 Å². The molecule has 0 fully saturated rings. The molecule has 4 aromatic carbocycles. The average Bonchev–Trinajstić information content (AvgIpc) is 2.90. The van der Waals surface area contributed by atoms with Gasteiger partial charge in [-0.2, -0.15) is 0 Å². The van der Waals surface area contributed by atoms with Gasteiger partial charge in [-0.15, -0.1) is 0 Å². The molecule has 36 heavy (non-hydrogen) atoms. The molecule has 4 rings (SSSR count). The molecule has 0 atom stereocenters. The Hall–Kier alpha value is -4.18. The SMILES string of the molecule is CCc1cc(C(C)(C)C)ccc1N(C(=O)C(=O)N(c1ccccc1)c1ccccc1)c1ccccc1. The van der Waals surface area contributed by atoms with Crippen LogP contribution >= 0.6 is 0 Å². The van der Waals surface area contributed by atoms with Gasteiger partial charge >= 0.3 is 11.8 Å². The Bertz CT molecular complexity index is 1290. The van der Waals surface area contributed by atoms with Gasteiger partial charge in [0.15, 0.2) is 0 Å². The maximum atomic E-state index is 14.1. The lowest BCUT2D eigenvalue weighted by molar-refractivity contribution is -0.135. The van der Waals surface area contributed by atoms with E-state index >= 15 is 0 Å². The van der Waals surface area contributed by atoms with Crippen LogP contribution < -0.4 is 9.80 Å². The van der Waals surface area contributed by atoms with Crippen LogP contribution in [0.1, 0.15) is 38.8 Å². The molecule has 4 aromatic rings. The first kappa shape index (κ1) is 24.9. The van der Waals surface area contributed by atoms with E-state index in [4.69, 9.17) is 0 Å². The van der Waals surface area contributed by atoms with Crippen LogP contribution in [-0.2, 0) is 21.4 Å². The van der Waals surface area contributed by atoms with Gasteiger partial charge < -0.3 is 0 Å². The highest BCUT2D eigenvalue weighted by atomic mass is 16.2. The van der Waals surface area contributed by atoms with Crippen molar-refractivity contribution in [3.63, 3.8) is 0 Å². The Morgan fingerprint density at radius 2 is 1.03 bits per heavy atom. The smallest absolute Gasteiger partial charge is 0.273 e. The molecular formula is C32H32N2O2. The lowest BCUT2D eigenvalue weighted by Gasteiger charge is -2.30. The van der Waals surface area contributed by atoms with E-state index in [-0.39, 0.29) is 5.41 Å². The summed E-state index contributed by atoms with van der Waals surface area (Å²) >= 11 is 0. The fourth-order valence-electron chi connectivity index (χ4n) is 4.23. The van der Waals surface area contributed by atoms with Crippen molar-refractivity contribution in [3.8, 4) is 0 Å². The van der Waals surface area contributed by atoms with Crippen LogP contribution in [0.2, 0.25) is 0 Å². The normalized spacial score (nSPS) is 11.1. The highest BCUT2D eigenvalue weighted by molar-refractivity contribution is 6.47. The minimum Gasteiger partial charge on any atom is -0.273 e. The minimum atomic E-state index is -0.627. The predicted molar refractivity (Wildman–Crippen MR) is 148 cm³/mol. The quantitative estimate of drug-likeness (QED) is 0.279. The summed E-state index contributed by atoms with van der Waals surface area (Å²) in [6.45, 7) is 8.58. The summed E-state index contributed by atoms with van der Waals surface area (Å²) in [6.07, 6.45) is 0.727. The summed E-state index contributed by atoms with van der Waals surface area (Å²) in [5.41, 5.74) is 4.80. The molecule has 0 unspecified atom stereocenters. The van der Waals surface area contributed by atoms with E-state index in [9.17, 15) is 9.59 Å². The van der Waals surface area contributed by atoms with Crippen LogP contribution in [0.3, 0.4) is 0 Å². The van der Waals surface area contributed by atoms with E-state index in [1.807, 2.05) is 103 Å². The average molecular weight is 477 g/mol. The third kappa shape index (κ3) is 5.23. The number of amides is 2. The molecule has 182 valence electrons. The van der Waals surface area contributed by atoms with Crippen LogP contribution in [0.25, 0.3) is 0 Å². The highest BCUT2D eigenvalue weighted by Gasteiger charge is 2.32. The van der Waals surface area contributed by atoms with Gasteiger partial charge in [-0.05, 0) is 65.4 Å². The molecule has 0 aliphatic carbocycles. The standard InChI is InChI=1S/C32H32N2O2/c1-5-24-23-25(32(2,3)4)21-22-29(24)34(28-19-13-8-14-20-28)31(36)30(35)33(26-15-9-6-10-16-26)27-17-11-7-12-18-27/h6-23H,5H2,1-4H3. The van der Waals surface area contributed by atoms with Crippen molar-refractivity contribution in [2.24, 2.45) is 0 Å². The summed E-state index contributed by atoms with van der Waals surface area (Å²) in [7, 11) is 0. The zero-order valence-corrected chi connectivity index (χ0v) is 21.3. The number of nitrogens with zero attached hydrogens (tertiary/aromatic N) is 2. The number of rotatable bonds is 5. The van der Waals surface area contributed by atoms with Crippen LogP contribution in [0.5, 0.6) is 0 Å². The number of aryl methyl sites for hydroxylation is 1. The maximum Gasteiger partial charge on any atom is 0.321 e. The van der Waals surface area contributed by atoms with E-state index in [1.54, 1.807) is 4.90 Å². The predicted octanol–water partition coefficient (Wildman–Crippen LogP) is 7.58. The first-order chi connectivity index (χ1) is 17.3. The Labute approximate surface area is 213 Å². The first-order valence-corrected chi connectivity index (χ1v) is 12.3. The second-order valence-corrected chi connectivity index (χ2v) is 9.73. The van der Waals surface area contributed by atoms with Crippen LogP contribution in [0.15, 0.2) is 109 Å². The van der Waals surface area contributed by atoms with Crippen molar-refractivity contribution < 1.29 is 9.59 Å². The zero-order chi connectivity index (χ0) is 25.7. The monoisotopic (exact) mass is 476 g/mol. The van der Waals surface area contributed by atoms with Crippen LogP contribution in [-0.4, -0.2) is 11.8 Å². The second-order valence-electron chi connectivity index (χ2n) is 9.73. The van der Waals surface area contributed by atoms with Gasteiger partial charge in [0.25, 0.3) is 0 Å². The van der Waals surface area contributed by atoms with Crippen molar-refractivity contribution >= 4 is 34.6 Å². The topological polar surface area (TPSA) is 40.6 Å². The molecule has 0 aliphatic heterocycles. The number of benzene rings is 4. The lowest BCUT2D eigenvalue weighted by atomic mass is 9.85. The van der Waals surface area contributed by atoms with Gasteiger partial charge in [0, 0.05) is 17.1 Å². The molecule has 2 amide bonds. The Balaban J connectivity index is 1.85. The van der Waals surface area contributed by atoms with Gasteiger partial charge in [-0.25, -0.2) is 0 Å². The molecule has 0 N–H and O–H groups in total. The summed E-state index contributed by atoms with van der Waals surface area (Å²) < 4.78 is 0. The van der Waals surface area contributed by atoms with E-state index < -0.39 is 11.8 Å². The summed E-state index contributed by atoms with van der Waals surface area (Å²) in [4.78, 5) is 31.1. The molecule has 0 saturated heterocycles. The third-order valence-corrected chi connectivity index (χ3v) is 6.20. The van der Waals surface area contributed by atoms with Gasteiger partial charge in [0.1, 0.15) is 0 Å². The number of carbonyl (C=O) groups is 2. The second kappa shape index (κ2) is 10.6. The van der Waals surface area contributed by atoms with Crippen molar-refractivity contribution in [2.75, 3.05) is 9.80 Å². The first-order valence-electron chi connectivity index (χ1n) is 12.3. The van der Waals surface area contributed by atoms with Crippen molar-refractivity contribution in [3.05, 3.63) is 120 Å². The highest BCUT2D eigenvalue weighted by Crippen LogP contribution is 2.34. The van der Waals surface area contributed by atoms with Gasteiger partial charge in [-0.1, -0.05) is 94.4 Å². The molecule has 0 radical (unpaired) electrons. The number of hydrogen-bond acceptors (Lipinski definition) is 2. The van der Waals surface area contributed by atoms with Gasteiger partial charge in [0.05, 0.1) is 5.69 Å². The van der Waals surface area contributed by atoms with Gasteiger partial charge in [0.2, 0.25) is 0 Å². The van der Waals surface area contributed by atoms with E-state index in [0.717, 1.165) is 17.7 Å². The van der Waals surface area contributed by atoms with Crippen LogP contribution in [0, 0.1) is 0 Å². The molecule has 0 spiro atoms. The fraction of sp³-hybridized carbons (Fsp3) is 0.188. The minimum absolute atomic E-state index is 0.0305. The maximum absolute atomic E-state index is 14.1. The molecule has 4 nitrogen and oxygen atoms in total. The van der Waals surface area contributed by atoms with E-state index in [1.165, 1.54) is 10.5 Å². The molecule has 0 saturated carbocycles. The Morgan fingerprint density at radius 3 is 1.44 bits per heavy atom. The summed E-state index contributed by atoms with van der Waals surface area (Å²) in [5.74, 6) is -1.25. The largest absolute Gasteiger partial charge is 0.321 e. The number of para-hydroxylation sites is 3. The lowest BCUT2D eigenvalue weighted by Crippen LogP contribution is -2.42. The van der Waals surface area contributed by atoms with Gasteiger partial charge in [-0.3, -0.25) is 19.4 Å². The fourth-order valence-corrected chi connectivity index (χ4v) is 4.23. The van der Waals surface area contributed by atoms with Crippen molar-refractivity contribution in [2.45, 2.75) is 39.5 Å². The number of carbonyl (C=O) groups excluding carboxylic acids is 2. The van der Waals surface area contributed by atoms with E-state index in [2.05, 4.69) is 33.8 Å². The molecule has 0 heterocycles. The zero-order valence-electron chi connectivity index (χ0n) is 21.3. The van der Waals surface area contributed by atoms with Crippen molar-refractivity contribution in [1.29, 1.82) is 0 Å². The number of anilines is 4.